The number of rotatable bonds is 8. The van der Waals surface area contributed by atoms with Crippen molar-refractivity contribution in [3.8, 4) is 34.1 Å². The molecule has 0 bridgehead atoms. The Morgan fingerprint density at radius 1 is 1.08 bits per heavy atom. The molecule has 0 atom stereocenters. The van der Waals surface area contributed by atoms with E-state index >= 15 is 0 Å². The molecule has 39 heavy (non-hydrogen) atoms. The molecule has 3 heterocycles. The molecule has 198 valence electrons. The quantitative estimate of drug-likeness (QED) is 0.281. The summed E-state index contributed by atoms with van der Waals surface area (Å²) in [6.07, 6.45) is 6.60. The maximum Gasteiger partial charge on any atom is 0.246 e. The Hall–Kier alpha value is -3.95. The molecule has 0 radical (unpaired) electrons. The fourth-order valence-electron chi connectivity index (χ4n) is 5.28. The largest absolute Gasteiger partial charge is 0.435 e. The van der Waals surface area contributed by atoms with Crippen LogP contribution in [0.3, 0.4) is 0 Å². The minimum absolute atomic E-state index is 0.334. The third-order valence-electron chi connectivity index (χ3n) is 7.82. The maximum absolute atomic E-state index is 14.3. The topological polar surface area (TPSA) is 102 Å². The molecule has 0 amide bonds. The second-order valence-corrected chi connectivity index (χ2v) is 10.9. The monoisotopic (exact) mass is 524 g/mol. The Morgan fingerprint density at radius 2 is 1.95 bits per heavy atom. The molecule has 5 aromatic rings. The zero-order valence-electron chi connectivity index (χ0n) is 21.7. The molecular formula is C30H29FN6O2. The first kappa shape index (κ1) is 24.1. The Balaban J connectivity index is 1.24. The summed E-state index contributed by atoms with van der Waals surface area (Å²) in [5, 5.41) is 21.9. The molecule has 9 heteroatoms. The Labute approximate surface area is 224 Å². The first-order valence-electron chi connectivity index (χ1n) is 13.4. The molecule has 7 rings (SSSR count). The number of oxazole rings is 1. The third-order valence-corrected chi connectivity index (χ3v) is 7.82. The number of pyridine rings is 1. The van der Waals surface area contributed by atoms with Crippen molar-refractivity contribution in [3.05, 3.63) is 71.9 Å². The fraction of sp³-hybridized carbons (Fsp3) is 0.333. The molecule has 2 N–H and O–H groups in total. The number of aliphatic hydroxyl groups is 1. The standard InChI is InChI=1S/C30H29FN6O2/c1-37-17-33-36-28(37)23-14-21(31)6-7-22(23)20-12-24(19-4-5-19)34-26(13-20)29-35-25-11-18(3-8-27(25)39-29)15-32-16-30(38)9-2-10-30/h3,6-8,11-14,17,19,32,38H,2,4-5,9-10,15-16H2,1H3. The van der Waals surface area contributed by atoms with E-state index in [0.717, 1.165) is 60.0 Å². The minimum Gasteiger partial charge on any atom is -0.435 e. The second kappa shape index (κ2) is 9.36. The average molecular weight is 525 g/mol. The second-order valence-electron chi connectivity index (χ2n) is 10.9. The highest BCUT2D eigenvalue weighted by atomic mass is 19.1. The number of aromatic nitrogens is 5. The molecule has 2 fully saturated rings. The highest BCUT2D eigenvalue weighted by molar-refractivity contribution is 5.83. The number of nitrogens with zero attached hydrogens (tertiary/aromatic N) is 5. The van der Waals surface area contributed by atoms with Gasteiger partial charge in [-0.1, -0.05) is 12.1 Å². The average Bonchev–Trinajstić information content (AvgIpc) is 3.55. The smallest absolute Gasteiger partial charge is 0.246 e. The van der Waals surface area contributed by atoms with Crippen LogP contribution in [-0.2, 0) is 13.6 Å². The molecule has 0 aliphatic heterocycles. The summed E-state index contributed by atoms with van der Waals surface area (Å²) in [4.78, 5) is 9.72. The van der Waals surface area contributed by atoms with Crippen LogP contribution in [0.1, 0.15) is 49.3 Å². The van der Waals surface area contributed by atoms with Gasteiger partial charge in [0.25, 0.3) is 0 Å². The fourth-order valence-corrected chi connectivity index (χ4v) is 5.28. The number of fused-ring (bicyclic) bond motifs is 1. The zero-order valence-corrected chi connectivity index (χ0v) is 21.7. The number of nitrogens with one attached hydrogen (secondary N) is 1. The van der Waals surface area contributed by atoms with Crippen LogP contribution < -0.4 is 5.32 Å². The summed E-state index contributed by atoms with van der Waals surface area (Å²) in [6.45, 7) is 1.24. The van der Waals surface area contributed by atoms with Gasteiger partial charge in [-0.3, -0.25) is 0 Å². The SMILES string of the molecule is Cn1cnnc1-c1cc(F)ccc1-c1cc(-c2nc3cc(CNCC4(O)CCC4)ccc3o2)nc(C2CC2)c1. The summed E-state index contributed by atoms with van der Waals surface area (Å²) >= 11 is 0. The van der Waals surface area contributed by atoms with Gasteiger partial charge in [0.05, 0.1) is 5.60 Å². The van der Waals surface area contributed by atoms with Gasteiger partial charge >= 0.3 is 0 Å². The van der Waals surface area contributed by atoms with Crippen molar-refractivity contribution in [2.45, 2.75) is 50.2 Å². The van der Waals surface area contributed by atoms with Crippen molar-refractivity contribution >= 4 is 11.1 Å². The van der Waals surface area contributed by atoms with Gasteiger partial charge in [-0.25, -0.2) is 14.4 Å². The maximum atomic E-state index is 14.3. The van der Waals surface area contributed by atoms with Gasteiger partial charge < -0.3 is 19.4 Å². The number of benzene rings is 2. The van der Waals surface area contributed by atoms with Gasteiger partial charge in [0, 0.05) is 37.3 Å². The predicted molar refractivity (Wildman–Crippen MR) is 145 cm³/mol. The molecule has 2 aliphatic carbocycles. The minimum atomic E-state index is -0.557. The summed E-state index contributed by atoms with van der Waals surface area (Å²) in [6, 6.07) is 14.7. The van der Waals surface area contributed by atoms with Crippen LogP contribution in [0, 0.1) is 5.82 Å². The van der Waals surface area contributed by atoms with Crippen molar-refractivity contribution in [2.24, 2.45) is 7.05 Å². The van der Waals surface area contributed by atoms with Crippen molar-refractivity contribution in [1.29, 1.82) is 0 Å². The molecule has 0 unspecified atom stereocenters. The Bertz CT molecular complexity index is 1680. The van der Waals surface area contributed by atoms with Crippen molar-refractivity contribution in [3.63, 3.8) is 0 Å². The van der Waals surface area contributed by atoms with Gasteiger partial charge in [-0.2, -0.15) is 0 Å². The normalized spacial score (nSPS) is 16.5. The molecule has 3 aromatic heterocycles. The highest BCUT2D eigenvalue weighted by Crippen LogP contribution is 2.42. The third kappa shape index (κ3) is 4.72. The Kier molecular flexibility index (Phi) is 5.79. The Morgan fingerprint density at radius 3 is 2.69 bits per heavy atom. The van der Waals surface area contributed by atoms with Crippen molar-refractivity contribution < 1.29 is 13.9 Å². The van der Waals surface area contributed by atoms with Gasteiger partial charge in [-0.05, 0) is 85.2 Å². The number of halogens is 1. The lowest BCUT2D eigenvalue weighted by Gasteiger charge is -2.36. The predicted octanol–water partition coefficient (Wildman–Crippen LogP) is 5.37. The molecule has 8 nitrogen and oxygen atoms in total. The summed E-state index contributed by atoms with van der Waals surface area (Å²) in [5.74, 6) is 1.10. The summed E-state index contributed by atoms with van der Waals surface area (Å²) in [5.41, 5.74) is 6.00. The van der Waals surface area contributed by atoms with Gasteiger partial charge in [0.1, 0.15) is 23.4 Å². The van der Waals surface area contributed by atoms with E-state index in [1.54, 1.807) is 17.0 Å². The van der Waals surface area contributed by atoms with Crippen molar-refractivity contribution in [2.75, 3.05) is 6.54 Å². The molecule has 2 aromatic carbocycles. The summed E-state index contributed by atoms with van der Waals surface area (Å²) in [7, 11) is 1.84. The van der Waals surface area contributed by atoms with Crippen LogP contribution >= 0.6 is 0 Å². The molecule has 0 spiro atoms. The number of aryl methyl sites for hydroxylation is 1. The van der Waals surface area contributed by atoms with Crippen molar-refractivity contribution in [1.82, 2.24) is 30.0 Å². The van der Waals surface area contributed by atoms with E-state index < -0.39 is 5.60 Å². The van der Waals surface area contributed by atoms with E-state index in [1.165, 1.54) is 12.1 Å². The van der Waals surface area contributed by atoms with Crippen LogP contribution in [0.2, 0.25) is 0 Å². The van der Waals surface area contributed by atoms with Gasteiger partial charge in [0.2, 0.25) is 5.89 Å². The number of hydrogen-bond acceptors (Lipinski definition) is 7. The van der Waals surface area contributed by atoms with Crippen LogP contribution in [0.15, 0.2) is 59.3 Å². The van der Waals surface area contributed by atoms with E-state index in [-0.39, 0.29) is 5.82 Å². The van der Waals surface area contributed by atoms with E-state index in [2.05, 4.69) is 21.6 Å². The van der Waals surface area contributed by atoms with Crippen LogP contribution in [0.5, 0.6) is 0 Å². The van der Waals surface area contributed by atoms with Crippen LogP contribution in [-0.4, -0.2) is 42.0 Å². The first-order chi connectivity index (χ1) is 18.9. The molecule has 0 saturated heterocycles. The lowest BCUT2D eigenvalue weighted by atomic mass is 9.80. The molecular weight excluding hydrogens is 495 g/mol. The lowest BCUT2D eigenvalue weighted by molar-refractivity contribution is -0.0314. The highest BCUT2D eigenvalue weighted by Gasteiger charge is 2.33. The lowest BCUT2D eigenvalue weighted by Crippen LogP contribution is -2.45. The van der Waals surface area contributed by atoms with Gasteiger partial charge in [0.15, 0.2) is 11.4 Å². The van der Waals surface area contributed by atoms with Crippen LogP contribution in [0.25, 0.3) is 45.2 Å². The van der Waals surface area contributed by atoms with E-state index in [0.29, 0.717) is 47.6 Å². The van der Waals surface area contributed by atoms with Crippen LogP contribution in [0.4, 0.5) is 4.39 Å². The van der Waals surface area contributed by atoms with E-state index in [4.69, 9.17) is 14.4 Å². The molecule has 2 aliphatic rings. The van der Waals surface area contributed by atoms with E-state index in [1.807, 2.05) is 31.3 Å². The molecule has 2 saturated carbocycles. The first-order valence-corrected chi connectivity index (χ1v) is 13.4. The summed E-state index contributed by atoms with van der Waals surface area (Å²) < 4.78 is 22.3. The number of hydrogen-bond donors (Lipinski definition) is 2. The van der Waals surface area contributed by atoms with Gasteiger partial charge in [-0.15, -0.1) is 10.2 Å². The van der Waals surface area contributed by atoms with E-state index in [9.17, 15) is 9.50 Å². The zero-order chi connectivity index (χ0) is 26.6.